The number of likely N-dealkylation sites (tertiary alicyclic amines) is 1. The molecule has 1 saturated heterocycles. The Morgan fingerprint density at radius 2 is 1.76 bits per heavy atom. The van der Waals surface area contributed by atoms with Crippen LogP contribution in [0.5, 0.6) is 0 Å². The topological polar surface area (TPSA) is 43.9 Å². The van der Waals surface area contributed by atoms with Crippen LogP contribution in [0.15, 0.2) is 41.4 Å². The zero-order valence-corrected chi connectivity index (χ0v) is 18.3. The van der Waals surface area contributed by atoms with E-state index in [2.05, 4.69) is 16.8 Å². The molecule has 29 heavy (non-hydrogen) atoms. The van der Waals surface area contributed by atoms with Crippen molar-refractivity contribution in [2.24, 2.45) is 0 Å². The molecule has 2 aliphatic heterocycles. The lowest BCUT2D eigenvalue weighted by Gasteiger charge is -2.36. The molecule has 5 nitrogen and oxygen atoms in total. The third-order valence-corrected chi connectivity index (χ3v) is 7.05. The molecule has 0 saturated carbocycles. The third kappa shape index (κ3) is 3.51. The lowest BCUT2D eigenvalue weighted by atomic mass is 10.0. The number of hydrogen-bond acceptors (Lipinski definition) is 5. The fraction of sp³-hybridized carbons (Fsp3) is 0.391. The summed E-state index contributed by atoms with van der Waals surface area (Å²) in [6.07, 6.45) is 1.97. The first-order valence-corrected chi connectivity index (χ1v) is 10.9. The lowest BCUT2D eigenvalue weighted by Crippen LogP contribution is -2.43. The molecule has 2 aromatic rings. The van der Waals surface area contributed by atoms with Crippen LogP contribution in [0.4, 0.5) is 5.69 Å². The highest BCUT2D eigenvalue weighted by Gasteiger charge is 2.43. The van der Waals surface area contributed by atoms with Gasteiger partial charge in [-0.25, -0.2) is 4.90 Å². The van der Waals surface area contributed by atoms with Crippen molar-refractivity contribution < 1.29 is 9.59 Å². The zero-order chi connectivity index (χ0) is 20.7. The van der Waals surface area contributed by atoms with E-state index in [0.717, 1.165) is 41.9 Å². The molecule has 0 N–H and O–H groups in total. The van der Waals surface area contributed by atoms with Crippen molar-refractivity contribution in [3.05, 3.63) is 57.4 Å². The smallest absolute Gasteiger partial charge is 0.282 e. The molecule has 0 radical (unpaired) electrons. The SMILES string of the molecule is Cc1ccc(N2C(=O)C(c3cccs3)=C(N(C)C3CCN(C)CC3)C2=O)cc1C. The number of carbonyl (C=O) groups excluding carboxylic acids is 2. The molecule has 0 unspecified atom stereocenters. The number of aryl methyl sites for hydroxylation is 2. The van der Waals surface area contributed by atoms with E-state index in [1.165, 1.54) is 16.2 Å². The molecule has 0 atom stereocenters. The second-order valence-corrected chi connectivity index (χ2v) is 9.01. The highest BCUT2D eigenvalue weighted by Crippen LogP contribution is 2.38. The number of piperidine rings is 1. The van der Waals surface area contributed by atoms with Crippen molar-refractivity contribution in [2.75, 3.05) is 32.1 Å². The number of thiophene rings is 1. The molecule has 1 aromatic heterocycles. The van der Waals surface area contributed by atoms with Crippen LogP contribution < -0.4 is 4.90 Å². The molecule has 2 aliphatic rings. The van der Waals surface area contributed by atoms with Gasteiger partial charge in [0.15, 0.2) is 0 Å². The van der Waals surface area contributed by atoms with Gasteiger partial charge in [0.05, 0.1) is 11.3 Å². The van der Waals surface area contributed by atoms with Crippen molar-refractivity contribution in [3.8, 4) is 0 Å². The number of amides is 2. The Morgan fingerprint density at radius 1 is 1.03 bits per heavy atom. The minimum absolute atomic E-state index is 0.219. The number of carbonyl (C=O) groups is 2. The number of hydrogen-bond donors (Lipinski definition) is 0. The fourth-order valence-corrected chi connectivity index (χ4v) is 4.92. The van der Waals surface area contributed by atoms with Crippen LogP contribution in [-0.2, 0) is 9.59 Å². The predicted octanol–water partition coefficient (Wildman–Crippen LogP) is 3.68. The van der Waals surface area contributed by atoms with Crippen LogP contribution in [-0.4, -0.2) is 54.8 Å². The van der Waals surface area contributed by atoms with Crippen molar-refractivity contribution in [2.45, 2.75) is 32.7 Å². The van der Waals surface area contributed by atoms with Crippen LogP contribution in [0.3, 0.4) is 0 Å². The first-order chi connectivity index (χ1) is 13.9. The van der Waals surface area contributed by atoms with Crippen molar-refractivity contribution in [1.29, 1.82) is 0 Å². The Morgan fingerprint density at radius 3 is 2.38 bits per heavy atom. The molecule has 0 spiro atoms. The van der Waals surface area contributed by atoms with E-state index < -0.39 is 0 Å². The second-order valence-electron chi connectivity index (χ2n) is 8.06. The zero-order valence-electron chi connectivity index (χ0n) is 17.4. The molecule has 2 amide bonds. The van der Waals surface area contributed by atoms with Gasteiger partial charge in [0.2, 0.25) is 0 Å². The van der Waals surface area contributed by atoms with E-state index in [4.69, 9.17) is 0 Å². The quantitative estimate of drug-likeness (QED) is 0.723. The van der Waals surface area contributed by atoms with E-state index >= 15 is 0 Å². The summed E-state index contributed by atoms with van der Waals surface area (Å²) in [5.74, 6) is -0.446. The van der Waals surface area contributed by atoms with E-state index in [1.807, 2.05) is 56.6 Å². The summed E-state index contributed by atoms with van der Waals surface area (Å²) in [7, 11) is 4.09. The van der Waals surface area contributed by atoms with E-state index in [9.17, 15) is 9.59 Å². The average Bonchev–Trinajstić information content (AvgIpc) is 3.30. The van der Waals surface area contributed by atoms with Gasteiger partial charge in [-0.3, -0.25) is 9.59 Å². The Hall–Kier alpha value is -2.44. The van der Waals surface area contributed by atoms with Crippen LogP contribution in [0.25, 0.3) is 5.57 Å². The number of rotatable bonds is 4. The summed E-state index contributed by atoms with van der Waals surface area (Å²) in [5.41, 5.74) is 3.92. The molecule has 152 valence electrons. The highest BCUT2D eigenvalue weighted by molar-refractivity contribution is 7.11. The molecule has 3 heterocycles. The van der Waals surface area contributed by atoms with Gasteiger partial charge >= 0.3 is 0 Å². The molecule has 1 aromatic carbocycles. The Labute approximate surface area is 176 Å². The van der Waals surface area contributed by atoms with Gasteiger partial charge in [-0.15, -0.1) is 11.3 Å². The number of benzene rings is 1. The number of imide groups is 1. The first-order valence-electron chi connectivity index (χ1n) is 10.0. The Kier molecular flexibility index (Phi) is 5.32. The monoisotopic (exact) mass is 409 g/mol. The van der Waals surface area contributed by atoms with Crippen molar-refractivity contribution in [3.63, 3.8) is 0 Å². The highest BCUT2D eigenvalue weighted by atomic mass is 32.1. The number of likely N-dealkylation sites (N-methyl/N-ethyl adjacent to an activating group) is 1. The predicted molar refractivity (Wildman–Crippen MR) is 118 cm³/mol. The molecule has 0 bridgehead atoms. The van der Waals surface area contributed by atoms with Gasteiger partial charge < -0.3 is 9.80 Å². The summed E-state index contributed by atoms with van der Waals surface area (Å²) in [6.45, 7) is 6.03. The van der Waals surface area contributed by atoms with Crippen LogP contribution in [0.1, 0.15) is 28.8 Å². The normalized spacial score (nSPS) is 18.8. The van der Waals surface area contributed by atoms with E-state index in [1.54, 1.807) is 0 Å². The molecule has 0 aliphatic carbocycles. The molecule has 6 heteroatoms. The van der Waals surface area contributed by atoms with Crippen molar-refractivity contribution in [1.82, 2.24) is 9.80 Å². The van der Waals surface area contributed by atoms with Gasteiger partial charge in [0, 0.05) is 18.0 Å². The third-order valence-electron chi connectivity index (χ3n) is 6.16. The summed E-state index contributed by atoms with van der Waals surface area (Å²) < 4.78 is 0. The largest absolute Gasteiger partial charge is 0.366 e. The Bertz CT molecular complexity index is 972. The average molecular weight is 410 g/mol. The molecule has 4 rings (SSSR count). The number of anilines is 1. The summed E-state index contributed by atoms with van der Waals surface area (Å²) in [5, 5.41) is 1.95. The van der Waals surface area contributed by atoms with E-state index in [-0.39, 0.29) is 17.9 Å². The maximum absolute atomic E-state index is 13.6. The van der Waals surface area contributed by atoms with Gasteiger partial charge in [0.25, 0.3) is 11.8 Å². The molecular weight excluding hydrogens is 382 g/mol. The maximum atomic E-state index is 13.6. The number of nitrogens with zero attached hydrogens (tertiary/aromatic N) is 3. The van der Waals surface area contributed by atoms with E-state index in [0.29, 0.717) is 17.0 Å². The van der Waals surface area contributed by atoms with Gasteiger partial charge in [-0.1, -0.05) is 12.1 Å². The fourth-order valence-electron chi connectivity index (χ4n) is 4.15. The van der Waals surface area contributed by atoms with Crippen molar-refractivity contribution >= 4 is 34.4 Å². The summed E-state index contributed by atoms with van der Waals surface area (Å²) in [6, 6.07) is 9.87. The second kappa shape index (κ2) is 7.76. The minimum Gasteiger partial charge on any atom is -0.366 e. The maximum Gasteiger partial charge on any atom is 0.282 e. The summed E-state index contributed by atoms with van der Waals surface area (Å²) >= 11 is 1.50. The standard InChI is InChI=1S/C23H27N3O2S/c1-15-7-8-18(14-16(15)2)26-22(27)20(19-6-5-13-29-19)21(23(26)28)25(4)17-9-11-24(3)12-10-17/h5-8,13-14,17H,9-12H2,1-4H3. The summed E-state index contributed by atoms with van der Waals surface area (Å²) in [4.78, 5) is 33.6. The van der Waals surface area contributed by atoms with Gasteiger partial charge in [0.1, 0.15) is 5.70 Å². The molecular formula is C23H27N3O2S. The minimum atomic E-state index is -0.226. The van der Waals surface area contributed by atoms with Crippen LogP contribution >= 0.6 is 11.3 Å². The van der Waals surface area contributed by atoms with Crippen LogP contribution in [0, 0.1) is 13.8 Å². The molecule has 1 fully saturated rings. The van der Waals surface area contributed by atoms with Gasteiger partial charge in [-0.2, -0.15) is 0 Å². The lowest BCUT2D eigenvalue weighted by molar-refractivity contribution is -0.120. The van der Waals surface area contributed by atoms with Crippen LogP contribution in [0.2, 0.25) is 0 Å². The Balaban J connectivity index is 1.75. The first kappa shape index (κ1) is 19.9. The van der Waals surface area contributed by atoms with Gasteiger partial charge in [-0.05, 0) is 81.5 Å².